The highest BCUT2D eigenvalue weighted by Gasteiger charge is 2.52. The summed E-state index contributed by atoms with van der Waals surface area (Å²) in [6.07, 6.45) is 1.53. The summed E-state index contributed by atoms with van der Waals surface area (Å²) < 4.78 is 21.9. The molecular formula is C15H22BNO6. The number of esters is 1. The van der Waals surface area contributed by atoms with Crippen LogP contribution in [0.4, 0.5) is 0 Å². The molecule has 0 saturated carbocycles. The third kappa shape index (κ3) is 3.49. The number of aliphatic hydroxyl groups excluding tert-OH is 1. The Morgan fingerprint density at radius 1 is 1.30 bits per heavy atom. The Hall–Kier alpha value is -1.64. The highest BCUT2D eigenvalue weighted by atomic mass is 16.7. The van der Waals surface area contributed by atoms with Crippen LogP contribution in [0.25, 0.3) is 0 Å². The van der Waals surface area contributed by atoms with Crippen LogP contribution in [0, 0.1) is 0 Å². The zero-order valence-corrected chi connectivity index (χ0v) is 14.1. The molecule has 0 unspecified atom stereocenters. The standard InChI is InChI=1S/C15H22BNO6/c1-14(2)15(3,4)23-16(22-14)10-8-11(13(19)20-5)12(17-9-10)21-7-6-18/h8-9,18H,6-7H2,1-5H3. The predicted octanol–water partition coefficient (Wildman–Crippen LogP) is 0.538. The van der Waals surface area contributed by atoms with Gasteiger partial charge in [-0.1, -0.05) is 0 Å². The second kappa shape index (κ2) is 6.47. The van der Waals surface area contributed by atoms with Gasteiger partial charge in [0, 0.05) is 11.7 Å². The fourth-order valence-electron chi connectivity index (χ4n) is 2.09. The number of nitrogens with zero attached hydrogens (tertiary/aromatic N) is 1. The number of carbonyl (C=O) groups excluding carboxylic acids is 1. The molecule has 0 aromatic carbocycles. The van der Waals surface area contributed by atoms with Crippen molar-refractivity contribution in [1.82, 2.24) is 4.98 Å². The molecule has 126 valence electrons. The van der Waals surface area contributed by atoms with Gasteiger partial charge in [0.25, 0.3) is 0 Å². The average Bonchev–Trinajstić information content (AvgIpc) is 2.72. The molecule has 1 fully saturated rings. The van der Waals surface area contributed by atoms with Gasteiger partial charge in [0.15, 0.2) is 0 Å². The smallest absolute Gasteiger partial charge is 0.475 e. The summed E-state index contributed by atoms with van der Waals surface area (Å²) in [5, 5.41) is 8.85. The van der Waals surface area contributed by atoms with Gasteiger partial charge >= 0.3 is 13.1 Å². The minimum absolute atomic E-state index is 0.0346. The summed E-state index contributed by atoms with van der Waals surface area (Å²) in [5.41, 5.74) is -0.224. The molecule has 0 bridgehead atoms. The summed E-state index contributed by atoms with van der Waals surface area (Å²) >= 11 is 0. The number of hydrogen-bond donors (Lipinski definition) is 1. The zero-order chi connectivity index (χ0) is 17.3. The number of carbonyl (C=O) groups is 1. The van der Waals surface area contributed by atoms with Crippen LogP contribution in [0.2, 0.25) is 0 Å². The second-order valence-corrected chi connectivity index (χ2v) is 6.27. The molecule has 2 heterocycles. The number of ether oxygens (including phenoxy) is 2. The highest BCUT2D eigenvalue weighted by molar-refractivity contribution is 6.62. The topological polar surface area (TPSA) is 87.1 Å². The second-order valence-electron chi connectivity index (χ2n) is 6.27. The van der Waals surface area contributed by atoms with Gasteiger partial charge in [-0.25, -0.2) is 9.78 Å². The molecule has 1 aromatic heterocycles. The van der Waals surface area contributed by atoms with Gasteiger partial charge in [-0.05, 0) is 33.8 Å². The van der Waals surface area contributed by atoms with E-state index in [9.17, 15) is 4.79 Å². The van der Waals surface area contributed by atoms with Crippen molar-refractivity contribution in [2.75, 3.05) is 20.3 Å². The Kier molecular flexibility index (Phi) is 4.98. The molecule has 0 spiro atoms. The van der Waals surface area contributed by atoms with Crippen LogP contribution in [-0.2, 0) is 14.0 Å². The lowest BCUT2D eigenvalue weighted by Gasteiger charge is -2.32. The predicted molar refractivity (Wildman–Crippen MR) is 83.9 cm³/mol. The van der Waals surface area contributed by atoms with Crippen molar-refractivity contribution in [3.05, 3.63) is 17.8 Å². The van der Waals surface area contributed by atoms with Crippen LogP contribution >= 0.6 is 0 Å². The minimum atomic E-state index is -0.636. The highest BCUT2D eigenvalue weighted by Crippen LogP contribution is 2.36. The van der Waals surface area contributed by atoms with E-state index in [4.69, 9.17) is 23.9 Å². The molecule has 23 heavy (non-hydrogen) atoms. The van der Waals surface area contributed by atoms with Gasteiger partial charge in [-0.15, -0.1) is 0 Å². The average molecular weight is 323 g/mol. The molecule has 8 heteroatoms. The van der Waals surface area contributed by atoms with E-state index in [1.807, 2.05) is 27.7 Å². The fraction of sp³-hybridized carbons (Fsp3) is 0.600. The van der Waals surface area contributed by atoms with Crippen molar-refractivity contribution in [3.8, 4) is 5.88 Å². The SMILES string of the molecule is COC(=O)c1cc(B2OC(C)(C)C(C)(C)O2)cnc1OCCO. The van der Waals surface area contributed by atoms with Crippen LogP contribution in [-0.4, -0.2) is 54.7 Å². The summed E-state index contributed by atoms with van der Waals surface area (Å²) in [5.74, 6) is -0.477. The van der Waals surface area contributed by atoms with E-state index in [1.54, 1.807) is 6.07 Å². The molecule has 2 rings (SSSR count). The number of rotatable bonds is 5. The van der Waals surface area contributed by atoms with E-state index in [0.29, 0.717) is 5.46 Å². The first-order chi connectivity index (χ1) is 10.7. The molecule has 7 nitrogen and oxygen atoms in total. The molecule has 0 aliphatic carbocycles. The maximum Gasteiger partial charge on any atom is 0.496 e. The first-order valence-corrected chi connectivity index (χ1v) is 7.39. The first-order valence-electron chi connectivity index (χ1n) is 7.39. The Morgan fingerprint density at radius 2 is 1.91 bits per heavy atom. The van der Waals surface area contributed by atoms with Crippen LogP contribution in [0.15, 0.2) is 12.3 Å². The number of aliphatic hydroxyl groups is 1. The van der Waals surface area contributed by atoms with Crippen molar-refractivity contribution < 1.29 is 28.7 Å². The molecule has 1 N–H and O–H groups in total. The van der Waals surface area contributed by atoms with Gasteiger partial charge < -0.3 is 23.9 Å². The van der Waals surface area contributed by atoms with Crippen molar-refractivity contribution in [3.63, 3.8) is 0 Å². The Labute approximate surface area is 136 Å². The Balaban J connectivity index is 2.33. The molecule has 1 aliphatic rings. The minimum Gasteiger partial charge on any atom is -0.475 e. The Bertz CT molecular complexity index is 573. The van der Waals surface area contributed by atoms with Crippen LogP contribution in [0.1, 0.15) is 38.1 Å². The summed E-state index contributed by atoms with van der Waals surface area (Å²) in [6.45, 7) is 7.63. The quantitative estimate of drug-likeness (QED) is 0.625. The van der Waals surface area contributed by atoms with E-state index in [0.717, 1.165) is 0 Å². The van der Waals surface area contributed by atoms with Gasteiger partial charge in [0.2, 0.25) is 5.88 Å². The van der Waals surface area contributed by atoms with Gasteiger partial charge in [0.05, 0.1) is 24.9 Å². The normalized spacial score (nSPS) is 18.8. The molecule has 0 radical (unpaired) electrons. The Morgan fingerprint density at radius 3 is 2.43 bits per heavy atom. The molecule has 1 aliphatic heterocycles. The lowest BCUT2D eigenvalue weighted by atomic mass is 9.79. The van der Waals surface area contributed by atoms with E-state index in [-0.39, 0.29) is 24.7 Å². The number of hydrogen-bond acceptors (Lipinski definition) is 7. The zero-order valence-electron chi connectivity index (χ0n) is 14.1. The molecule has 0 amide bonds. The van der Waals surface area contributed by atoms with Crippen LogP contribution in [0.3, 0.4) is 0 Å². The lowest BCUT2D eigenvalue weighted by molar-refractivity contribution is 0.00578. The van der Waals surface area contributed by atoms with E-state index in [1.165, 1.54) is 13.3 Å². The molecule has 1 saturated heterocycles. The summed E-state index contributed by atoms with van der Waals surface area (Å²) in [6, 6.07) is 1.58. The largest absolute Gasteiger partial charge is 0.496 e. The lowest BCUT2D eigenvalue weighted by Crippen LogP contribution is -2.41. The first kappa shape index (κ1) is 17.7. The number of aromatic nitrogens is 1. The van der Waals surface area contributed by atoms with Crippen molar-refractivity contribution in [1.29, 1.82) is 0 Å². The summed E-state index contributed by atoms with van der Waals surface area (Å²) in [7, 11) is 0.641. The summed E-state index contributed by atoms with van der Waals surface area (Å²) in [4.78, 5) is 16.1. The maximum absolute atomic E-state index is 11.9. The van der Waals surface area contributed by atoms with Gasteiger partial charge in [-0.2, -0.15) is 0 Å². The van der Waals surface area contributed by atoms with Crippen molar-refractivity contribution >= 4 is 18.6 Å². The van der Waals surface area contributed by atoms with E-state index in [2.05, 4.69) is 4.98 Å². The van der Waals surface area contributed by atoms with Gasteiger partial charge in [-0.3, -0.25) is 0 Å². The fourth-order valence-corrected chi connectivity index (χ4v) is 2.09. The van der Waals surface area contributed by atoms with Crippen LogP contribution < -0.4 is 10.2 Å². The maximum atomic E-state index is 11.9. The van der Waals surface area contributed by atoms with Crippen molar-refractivity contribution in [2.45, 2.75) is 38.9 Å². The molecule has 1 aromatic rings. The molecule has 0 atom stereocenters. The monoisotopic (exact) mass is 323 g/mol. The van der Waals surface area contributed by atoms with E-state index < -0.39 is 24.3 Å². The third-order valence-corrected chi connectivity index (χ3v) is 4.13. The number of methoxy groups -OCH3 is 1. The van der Waals surface area contributed by atoms with Crippen molar-refractivity contribution in [2.24, 2.45) is 0 Å². The number of pyridine rings is 1. The van der Waals surface area contributed by atoms with Gasteiger partial charge in [0.1, 0.15) is 12.2 Å². The van der Waals surface area contributed by atoms with E-state index >= 15 is 0 Å². The third-order valence-electron chi connectivity index (χ3n) is 4.13. The van der Waals surface area contributed by atoms with Crippen LogP contribution in [0.5, 0.6) is 5.88 Å². The molecular weight excluding hydrogens is 301 g/mol.